The van der Waals surface area contributed by atoms with Crippen molar-refractivity contribution in [2.75, 3.05) is 13.1 Å². The fourth-order valence-electron chi connectivity index (χ4n) is 2.62. The first-order chi connectivity index (χ1) is 11.5. The lowest BCUT2D eigenvalue weighted by atomic mass is 9.95. The summed E-state index contributed by atoms with van der Waals surface area (Å²) in [5, 5.41) is 6.77. The molecule has 1 aliphatic rings. The Morgan fingerprint density at radius 1 is 1.33 bits per heavy atom. The van der Waals surface area contributed by atoms with Gasteiger partial charge in [0.15, 0.2) is 0 Å². The quantitative estimate of drug-likeness (QED) is 0.840. The molecule has 0 radical (unpaired) electrons. The largest absolute Gasteiger partial charge is 0.349 e. The maximum Gasteiger partial charge on any atom is 0.261 e. The van der Waals surface area contributed by atoms with Crippen LogP contribution in [-0.4, -0.2) is 45.3 Å². The highest BCUT2D eigenvalue weighted by atomic mass is 19.1. The molecule has 2 amide bonds. The van der Waals surface area contributed by atoms with Crippen LogP contribution in [0.1, 0.15) is 5.56 Å². The minimum absolute atomic E-state index is 0.177. The Balaban J connectivity index is 1.64. The number of carbonyl (C=O) groups is 2. The van der Waals surface area contributed by atoms with E-state index in [-0.39, 0.29) is 25.5 Å². The minimum atomic E-state index is -2.04. The van der Waals surface area contributed by atoms with E-state index < -0.39 is 11.6 Å². The lowest BCUT2D eigenvalue weighted by molar-refractivity contribution is -0.153. The number of hydrogen-bond acceptors (Lipinski definition) is 3. The van der Waals surface area contributed by atoms with Crippen molar-refractivity contribution in [1.82, 2.24) is 20.0 Å². The molecule has 1 fully saturated rings. The van der Waals surface area contributed by atoms with Crippen molar-refractivity contribution in [2.45, 2.75) is 12.2 Å². The predicted octanol–water partition coefficient (Wildman–Crippen LogP) is 1.22. The number of likely N-dealkylation sites (tertiary alicyclic amines) is 1. The Hall–Kier alpha value is -2.96. The Morgan fingerprint density at radius 3 is 2.75 bits per heavy atom. The SMILES string of the molecule is C=CC(=O)N1CC(F)(C(=O)NCc2ccccc2-n2cccn2)C1. The first-order valence-corrected chi connectivity index (χ1v) is 7.50. The van der Waals surface area contributed by atoms with Gasteiger partial charge in [0, 0.05) is 18.9 Å². The Kier molecular flexibility index (Phi) is 4.16. The highest BCUT2D eigenvalue weighted by Gasteiger charge is 2.51. The lowest BCUT2D eigenvalue weighted by Crippen LogP contribution is -2.67. The van der Waals surface area contributed by atoms with E-state index in [2.05, 4.69) is 17.0 Å². The van der Waals surface area contributed by atoms with Crippen LogP contribution < -0.4 is 5.32 Å². The van der Waals surface area contributed by atoms with Crippen molar-refractivity contribution >= 4 is 11.8 Å². The van der Waals surface area contributed by atoms with Crippen LogP contribution in [0.15, 0.2) is 55.4 Å². The zero-order valence-corrected chi connectivity index (χ0v) is 13.0. The van der Waals surface area contributed by atoms with Crippen LogP contribution in [0.3, 0.4) is 0 Å². The molecule has 3 rings (SSSR count). The van der Waals surface area contributed by atoms with Gasteiger partial charge in [-0.05, 0) is 23.8 Å². The third-order valence-corrected chi connectivity index (χ3v) is 3.96. The molecule has 6 nitrogen and oxygen atoms in total. The summed E-state index contributed by atoms with van der Waals surface area (Å²) in [4.78, 5) is 24.7. The van der Waals surface area contributed by atoms with Crippen LogP contribution in [0.4, 0.5) is 4.39 Å². The number of rotatable bonds is 5. The number of aromatic nitrogens is 2. The number of alkyl halides is 1. The van der Waals surface area contributed by atoms with Crippen molar-refractivity contribution in [1.29, 1.82) is 0 Å². The molecular formula is C17H17FN4O2. The molecule has 2 aromatic rings. The number of amides is 2. The second kappa shape index (κ2) is 6.27. The molecule has 1 aromatic heterocycles. The highest BCUT2D eigenvalue weighted by Crippen LogP contribution is 2.26. The molecule has 124 valence electrons. The number of nitrogens with zero attached hydrogens (tertiary/aromatic N) is 3. The zero-order chi connectivity index (χ0) is 17.2. The third-order valence-electron chi connectivity index (χ3n) is 3.96. The van der Waals surface area contributed by atoms with Gasteiger partial charge in [-0.2, -0.15) is 5.10 Å². The van der Waals surface area contributed by atoms with Gasteiger partial charge >= 0.3 is 0 Å². The van der Waals surface area contributed by atoms with Gasteiger partial charge in [0.05, 0.1) is 18.8 Å². The normalized spacial score (nSPS) is 15.5. The van der Waals surface area contributed by atoms with Gasteiger partial charge in [-0.15, -0.1) is 0 Å². The number of halogens is 1. The number of benzene rings is 1. The fraction of sp³-hybridized carbons (Fsp3) is 0.235. The Labute approximate surface area is 138 Å². The molecule has 1 aromatic carbocycles. The van der Waals surface area contributed by atoms with E-state index in [1.54, 1.807) is 23.1 Å². The summed E-state index contributed by atoms with van der Waals surface area (Å²) in [6, 6.07) is 9.22. The van der Waals surface area contributed by atoms with Gasteiger partial charge in [-0.25, -0.2) is 9.07 Å². The first-order valence-electron chi connectivity index (χ1n) is 7.50. The van der Waals surface area contributed by atoms with E-state index in [0.717, 1.165) is 17.3 Å². The molecule has 0 spiro atoms. The van der Waals surface area contributed by atoms with Gasteiger partial charge in [0.2, 0.25) is 11.6 Å². The van der Waals surface area contributed by atoms with E-state index in [9.17, 15) is 14.0 Å². The average molecular weight is 328 g/mol. The van der Waals surface area contributed by atoms with E-state index >= 15 is 0 Å². The van der Waals surface area contributed by atoms with Crippen molar-refractivity contribution in [2.24, 2.45) is 0 Å². The summed E-state index contributed by atoms with van der Waals surface area (Å²) in [6.07, 6.45) is 4.56. The Morgan fingerprint density at radius 2 is 2.08 bits per heavy atom. The molecule has 0 saturated carbocycles. The molecule has 0 bridgehead atoms. The minimum Gasteiger partial charge on any atom is -0.349 e. The summed E-state index contributed by atoms with van der Waals surface area (Å²) in [7, 11) is 0. The van der Waals surface area contributed by atoms with Gasteiger partial charge in [0.1, 0.15) is 0 Å². The van der Waals surface area contributed by atoms with Gasteiger partial charge in [-0.1, -0.05) is 24.8 Å². The molecule has 2 heterocycles. The maximum absolute atomic E-state index is 14.5. The molecule has 7 heteroatoms. The molecule has 1 aliphatic heterocycles. The third kappa shape index (κ3) is 2.92. The Bertz CT molecular complexity index is 767. The van der Waals surface area contributed by atoms with E-state index in [0.29, 0.717) is 0 Å². The van der Waals surface area contributed by atoms with E-state index in [4.69, 9.17) is 0 Å². The van der Waals surface area contributed by atoms with Crippen molar-refractivity contribution < 1.29 is 14.0 Å². The van der Waals surface area contributed by atoms with Crippen LogP contribution in [0.5, 0.6) is 0 Å². The highest BCUT2D eigenvalue weighted by molar-refractivity contribution is 5.93. The smallest absolute Gasteiger partial charge is 0.261 e. The molecule has 0 unspecified atom stereocenters. The molecule has 24 heavy (non-hydrogen) atoms. The summed E-state index contributed by atoms with van der Waals surface area (Å²) in [5.41, 5.74) is -0.413. The van der Waals surface area contributed by atoms with Crippen LogP contribution in [-0.2, 0) is 16.1 Å². The first kappa shape index (κ1) is 15.9. The molecular weight excluding hydrogens is 311 g/mol. The second-order valence-corrected chi connectivity index (χ2v) is 5.63. The van der Waals surface area contributed by atoms with E-state index in [1.165, 1.54) is 4.90 Å². The summed E-state index contributed by atoms with van der Waals surface area (Å²) >= 11 is 0. The second-order valence-electron chi connectivity index (χ2n) is 5.63. The molecule has 0 atom stereocenters. The van der Waals surface area contributed by atoms with Crippen LogP contribution >= 0.6 is 0 Å². The number of para-hydroxylation sites is 1. The number of nitrogens with one attached hydrogen (secondary N) is 1. The van der Waals surface area contributed by atoms with Crippen LogP contribution in [0, 0.1) is 0 Å². The zero-order valence-electron chi connectivity index (χ0n) is 13.0. The van der Waals surface area contributed by atoms with E-state index in [1.807, 2.05) is 24.3 Å². The molecule has 1 N–H and O–H groups in total. The van der Waals surface area contributed by atoms with Gasteiger partial charge < -0.3 is 10.2 Å². The fourth-order valence-corrected chi connectivity index (χ4v) is 2.62. The standard InChI is InChI=1S/C17H17FN4O2/c1-2-15(23)21-11-17(18,12-21)16(24)19-10-13-6-3-4-7-14(13)22-9-5-8-20-22/h2-9H,1,10-12H2,(H,19,24). The van der Waals surface area contributed by atoms with Crippen molar-refractivity contribution in [3.63, 3.8) is 0 Å². The summed E-state index contributed by atoms with van der Waals surface area (Å²) in [5.74, 6) is -1.09. The van der Waals surface area contributed by atoms with Crippen LogP contribution in [0.25, 0.3) is 5.69 Å². The number of carbonyl (C=O) groups excluding carboxylic acids is 2. The lowest BCUT2D eigenvalue weighted by Gasteiger charge is -2.42. The molecule has 1 saturated heterocycles. The average Bonchev–Trinajstić information content (AvgIpc) is 3.10. The van der Waals surface area contributed by atoms with Crippen LogP contribution in [0.2, 0.25) is 0 Å². The maximum atomic E-state index is 14.5. The topological polar surface area (TPSA) is 67.2 Å². The van der Waals surface area contributed by atoms with Crippen molar-refractivity contribution in [3.05, 3.63) is 60.9 Å². The van der Waals surface area contributed by atoms with Crippen molar-refractivity contribution in [3.8, 4) is 5.69 Å². The summed E-state index contributed by atoms with van der Waals surface area (Å²) in [6.45, 7) is 3.03. The monoisotopic (exact) mass is 328 g/mol. The van der Waals surface area contributed by atoms with Gasteiger partial charge in [0.25, 0.3) is 5.91 Å². The van der Waals surface area contributed by atoms with Gasteiger partial charge in [-0.3, -0.25) is 9.59 Å². The predicted molar refractivity (Wildman–Crippen MR) is 86.0 cm³/mol. The molecule has 0 aliphatic carbocycles. The number of hydrogen-bond donors (Lipinski definition) is 1. The summed E-state index contributed by atoms with van der Waals surface area (Å²) < 4.78 is 16.1.